The highest BCUT2D eigenvalue weighted by atomic mass is 79.9. The molecule has 0 saturated carbocycles. The molecular formula is C11H7BrClNO2. The lowest BCUT2D eigenvalue weighted by Gasteiger charge is -2.01. The summed E-state index contributed by atoms with van der Waals surface area (Å²) in [5.74, 6) is 0.0157. The number of halogens is 2. The van der Waals surface area contributed by atoms with E-state index < -0.39 is 0 Å². The molecule has 2 rings (SSSR count). The molecule has 0 aliphatic heterocycles. The Morgan fingerprint density at radius 3 is 2.69 bits per heavy atom. The summed E-state index contributed by atoms with van der Waals surface area (Å²) < 4.78 is 5.70. The third-order valence-corrected chi connectivity index (χ3v) is 3.05. The largest absolute Gasteiger partial charge is 0.460 e. The normalized spacial score (nSPS) is 10.4. The van der Waals surface area contributed by atoms with Crippen molar-refractivity contribution < 1.29 is 9.21 Å². The average molecular weight is 301 g/mol. The summed E-state index contributed by atoms with van der Waals surface area (Å²) >= 11 is 9.00. The van der Waals surface area contributed by atoms with E-state index in [1.54, 1.807) is 18.2 Å². The van der Waals surface area contributed by atoms with E-state index in [0.29, 0.717) is 20.7 Å². The second-order valence-corrected chi connectivity index (χ2v) is 4.42. The van der Waals surface area contributed by atoms with Crippen molar-refractivity contribution in [2.75, 3.05) is 5.73 Å². The molecule has 2 aromatic rings. The van der Waals surface area contributed by atoms with Crippen LogP contribution in [0, 0.1) is 0 Å². The summed E-state index contributed by atoms with van der Waals surface area (Å²) in [5.41, 5.74) is 6.44. The van der Waals surface area contributed by atoms with Gasteiger partial charge in [0.25, 0.3) is 0 Å². The molecule has 3 nitrogen and oxygen atoms in total. The standard InChI is InChI=1S/C11H7BrClNO2/c12-7-3-4-16-11(7)10(15)6-1-2-8(13)9(14)5-6/h1-5H,14H2. The SMILES string of the molecule is Nc1cc(C(=O)c2occc2Br)ccc1Cl. The second kappa shape index (κ2) is 4.31. The Balaban J connectivity index is 2.42. The predicted molar refractivity (Wildman–Crippen MR) is 65.7 cm³/mol. The summed E-state index contributed by atoms with van der Waals surface area (Å²) in [5, 5.41) is 0.426. The highest BCUT2D eigenvalue weighted by Gasteiger charge is 2.16. The van der Waals surface area contributed by atoms with Crippen LogP contribution in [0.5, 0.6) is 0 Å². The first-order valence-electron chi connectivity index (χ1n) is 4.42. The molecule has 0 aliphatic carbocycles. The van der Waals surface area contributed by atoms with E-state index in [1.165, 1.54) is 12.3 Å². The second-order valence-electron chi connectivity index (χ2n) is 3.16. The first kappa shape index (κ1) is 11.2. The molecule has 0 fully saturated rings. The van der Waals surface area contributed by atoms with E-state index >= 15 is 0 Å². The predicted octanol–water partition coefficient (Wildman–Crippen LogP) is 3.51. The van der Waals surface area contributed by atoms with Gasteiger partial charge in [-0.1, -0.05) is 11.6 Å². The minimum atomic E-state index is -0.236. The van der Waals surface area contributed by atoms with Gasteiger partial charge in [0, 0.05) is 5.56 Å². The van der Waals surface area contributed by atoms with Gasteiger partial charge in [0.1, 0.15) is 0 Å². The van der Waals surface area contributed by atoms with E-state index in [0.717, 1.165) is 0 Å². The molecule has 0 bridgehead atoms. The minimum absolute atomic E-state index is 0.236. The lowest BCUT2D eigenvalue weighted by molar-refractivity contribution is 0.101. The fourth-order valence-electron chi connectivity index (χ4n) is 1.27. The number of furan rings is 1. The van der Waals surface area contributed by atoms with Crippen molar-refractivity contribution in [3.63, 3.8) is 0 Å². The van der Waals surface area contributed by atoms with Crippen LogP contribution in [-0.2, 0) is 0 Å². The lowest BCUT2D eigenvalue weighted by atomic mass is 10.1. The van der Waals surface area contributed by atoms with Crippen LogP contribution in [0.1, 0.15) is 16.1 Å². The van der Waals surface area contributed by atoms with Crippen molar-refractivity contribution in [1.82, 2.24) is 0 Å². The van der Waals surface area contributed by atoms with Crippen molar-refractivity contribution in [3.8, 4) is 0 Å². The van der Waals surface area contributed by atoms with E-state index in [9.17, 15) is 4.79 Å². The Kier molecular flexibility index (Phi) is 3.03. The molecule has 0 spiro atoms. The van der Waals surface area contributed by atoms with Crippen LogP contribution in [0.25, 0.3) is 0 Å². The number of carbonyl (C=O) groups excluding carboxylic acids is 1. The topological polar surface area (TPSA) is 56.2 Å². The van der Waals surface area contributed by atoms with Crippen LogP contribution in [0.15, 0.2) is 39.4 Å². The first-order valence-corrected chi connectivity index (χ1v) is 5.59. The molecule has 1 aromatic carbocycles. The number of nitrogen functional groups attached to an aromatic ring is 1. The fourth-order valence-corrected chi connectivity index (χ4v) is 1.77. The number of ketones is 1. The van der Waals surface area contributed by atoms with Crippen LogP contribution in [0.2, 0.25) is 5.02 Å². The van der Waals surface area contributed by atoms with Gasteiger partial charge in [0.15, 0.2) is 5.76 Å². The number of carbonyl (C=O) groups is 1. The van der Waals surface area contributed by atoms with Gasteiger partial charge in [0.05, 0.1) is 21.4 Å². The molecule has 82 valence electrons. The van der Waals surface area contributed by atoms with Crippen LogP contribution in [0.3, 0.4) is 0 Å². The molecule has 0 amide bonds. The lowest BCUT2D eigenvalue weighted by Crippen LogP contribution is -2.01. The minimum Gasteiger partial charge on any atom is -0.460 e. The number of benzene rings is 1. The van der Waals surface area contributed by atoms with Crippen LogP contribution in [-0.4, -0.2) is 5.78 Å². The number of anilines is 1. The Labute approximate surface area is 105 Å². The summed E-state index contributed by atoms with van der Waals surface area (Å²) in [6.07, 6.45) is 1.44. The molecule has 1 aromatic heterocycles. The zero-order valence-electron chi connectivity index (χ0n) is 8.04. The third-order valence-electron chi connectivity index (χ3n) is 2.08. The van der Waals surface area contributed by atoms with E-state index in [1.807, 2.05) is 0 Å². The van der Waals surface area contributed by atoms with E-state index in [2.05, 4.69) is 15.9 Å². The molecular weight excluding hydrogens is 293 g/mol. The van der Waals surface area contributed by atoms with Gasteiger partial charge < -0.3 is 10.2 Å². The highest BCUT2D eigenvalue weighted by molar-refractivity contribution is 9.10. The van der Waals surface area contributed by atoms with Crippen molar-refractivity contribution in [2.45, 2.75) is 0 Å². The maximum absolute atomic E-state index is 12.0. The van der Waals surface area contributed by atoms with Crippen LogP contribution < -0.4 is 5.73 Å². The number of rotatable bonds is 2. The zero-order chi connectivity index (χ0) is 11.7. The Morgan fingerprint density at radius 1 is 1.38 bits per heavy atom. The van der Waals surface area contributed by atoms with Gasteiger partial charge in [-0.25, -0.2) is 0 Å². The molecule has 0 atom stereocenters. The van der Waals surface area contributed by atoms with Crippen molar-refractivity contribution >= 4 is 39.0 Å². The Hall–Kier alpha value is -1.26. The fraction of sp³-hybridized carbons (Fsp3) is 0. The summed E-state index contributed by atoms with van der Waals surface area (Å²) in [6, 6.07) is 6.38. The number of hydrogen-bond donors (Lipinski definition) is 1. The average Bonchev–Trinajstić information content (AvgIpc) is 2.67. The third kappa shape index (κ3) is 1.99. The molecule has 1 heterocycles. The molecule has 16 heavy (non-hydrogen) atoms. The maximum Gasteiger partial charge on any atom is 0.229 e. The molecule has 0 saturated heterocycles. The summed E-state index contributed by atoms with van der Waals surface area (Å²) in [7, 11) is 0. The Bertz CT molecular complexity index is 551. The summed E-state index contributed by atoms with van der Waals surface area (Å²) in [6.45, 7) is 0. The van der Waals surface area contributed by atoms with Gasteiger partial charge in [-0.05, 0) is 40.2 Å². The highest BCUT2D eigenvalue weighted by Crippen LogP contribution is 2.24. The van der Waals surface area contributed by atoms with Gasteiger partial charge in [-0.3, -0.25) is 4.79 Å². The first-order chi connectivity index (χ1) is 7.59. The van der Waals surface area contributed by atoms with Crippen LogP contribution >= 0.6 is 27.5 Å². The Morgan fingerprint density at radius 2 is 2.12 bits per heavy atom. The quantitative estimate of drug-likeness (QED) is 0.682. The van der Waals surface area contributed by atoms with Crippen molar-refractivity contribution in [3.05, 3.63) is 51.3 Å². The van der Waals surface area contributed by atoms with E-state index in [-0.39, 0.29) is 11.5 Å². The number of nitrogens with two attached hydrogens (primary N) is 1. The summed E-state index contributed by atoms with van der Waals surface area (Å²) in [4.78, 5) is 12.0. The zero-order valence-corrected chi connectivity index (χ0v) is 10.4. The van der Waals surface area contributed by atoms with Crippen molar-refractivity contribution in [2.24, 2.45) is 0 Å². The molecule has 0 aliphatic rings. The monoisotopic (exact) mass is 299 g/mol. The van der Waals surface area contributed by atoms with Crippen LogP contribution in [0.4, 0.5) is 5.69 Å². The molecule has 2 N–H and O–H groups in total. The van der Waals surface area contributed by atoms with Gasteiger partial charge in [-0.2, -0.15) is 0 Å². The molecule has 0 unspecified atom stereocenters. The molecule has 0 radical (unpaired) electrons. The van der Waals surface area contributed by atoms with Gasteiger partial charge in [-0.15, -0.1) is 0 Å². The number of hydrogen-bond acceptors (Lipinski definition) is 3. The smallest absolute Gasteiger partial charge is 0.229 e. The van der Waals surface area contributed by atoms with E-state index in [4.69, 9.17) is 21.8 Å². The molecule has 5 heteroatoms. The van der Waals surface area contributed by atoms with Gasteiger partial charge >= 0.3 is 0 Å². The van der Waals surface area contributed by atoms with Gasteiger partial charge in [0.2, 0.25) is 5.78 Å². The maximum atomic E-state index is 12.0. The van der Waals surface area contributed by atoms with Crippen molar-refractivity contribution in [1.29, 1.82) is 0 Å².